The van der Waals surface area contributed by atoms with E-state index in [1.807, 2.05) is 62.5 Å². The Morgan fingerprint density at radius 2 is 1.92 bits per heavy atom. The average Bonchev–Trinajstić information content (AvgIpc) is 3.52. The lowest BCUT2D eigenvalue weighted by atomic mass is 9.91. The van der Waals surface area contributed by atoms with Crippen molar-refractivity contribution >= 4 is 40.5 Å². The molecule has 2 aliphatic rings. The van der Waals surface area contributed by atoms with E-state index in [0.717, 1.165) is 29.2 Å². The van der Waals surface area contributed by atoms with Crippen LogP contribution < -0.4 is 0 Å². The molecule has 0 aliphatic carbocycles. The van der Waals surface area contributed by atoms with E-state index in [0.29, 0.717) is 44.2 Å². The van der Waals surface area contributed by atoms with Crippen LogP contribution in [0.15, 0.2) is 46.9 Å². The van der Waals surface area contributed by atoms with Crippen molar-refractivity contribution in [3.8, 4) is 0 Å². The van der Waals surface area contributed by atoms with Crippen LogP contribution in [0.4, 0.5) is 0 Å². The molecule has 2 amide bonds. The second kappa shape index (κ2) is 11.9. The second-order valence-corrected chi connectivity index (χ2v) is 11.9. The zero-order valence-electron chi connectivity index (χ0n) is 21.3. The molecule has 0 bridgehead atoms. The van der Waals surface area contributed by atoms with E-state index in [-0.39, 0.29) is 29.8 Å². The third-order valence-electron chi connectivity index (χ3n) is 6.39. The van der Waals surface area contributed by atoms with Crippen molar-refractivity contribution in [1.82, 2.24) is 14.8 Å². The van der Waals surface area contributed by atoms with E-state index in [9.17, 15) is 9.59 Å². The number of nitrogens with zero attached hydrogens (tertiary/aromatic N) is 4. The maximum atomic E-state index is 13.7. The summed E-state index contributed by atoms with van der Waals surface area (Å²) < 4.78 is 5.45. The number of hydrogen-bond donors (Lipinski definition) is 0. The molecule has 0 unspecified atom stereocenters. The molecular weight excluding hydrogens is 496 g/mol. The maximum absolute atomic E-state index is 13.7. The van der Waals surface area contributed by atoms with Crippen molar-refractivity contribution in [2.24, 2.45) is 10.5 Å². The number of thiophene rings is 1. The van der Waals surface area contributed by atoms with Gasteiger partial charge in [0, 0.05) is 44.0 Å². The highest BCUT2D eigenvalue weighted by Crippen LogP contribution is 2.37. The molecule has 0 spiro atoms. The quantitative estimate of drug-likeness (QED) is 0.497. The number of hydrazone groups is 1. The second-order valence-electron chi connectivity index (χ2n) is 10.5. The predicted molar refractivity (Wildman–Crippen MR) is 144 cm³/mol. The summed E-state index contributed by atoms with van der Waals surface area (Å²) in [6, 6.07) is 11.3. The van der Waals surface area contributed by atoms with Crippen LogP contribution in [-0.2, 0) is 14.3 Å². The Bertz CT molecular complexity index is 1080. The van der Waals surface area contributed by atoms with Gasteiger partial charge in [-0.05, 0) is 28.5 Å². The zero-order valence-corrected chi connectivity index (χ0v) is 22.9. The molecule has 1 atom stereocenters. The molecule has 0 N–H and O–H groups in total. The van der Waals surface area contributed by atoms with Crippen LogP contribution in [0.5, 0.6) is 0 Å². The SMILES string of the molecule is CC(C)(C)CC(=O)N(CCN1CCOCC1)CC(=O)N1N=C(c2cccs2)C[C@@H]1c1ccccc1Cl. The largest absolute Gasteiger partial charge is 0.379 e. The number of benzene rings is 1. The lowest BCUT2D eigenvalue weighted by Crippen LogP contribution is -2.47. The Morgan fingerprint density at radius 1 is 1.17 bits per heavy atom. The van der Waals surface area contributed by atoms with Gasteiger partial charge < -0.3 is 9.64 Å². The van der Waals surface area contributed by atoms with E-state index in [1.54, 1.807) is 21.2 Å². The zero-order chi connectivity index (χ0) is 25.7. The Morgan fingerprint density at radius 3 is 2.58 bits per heavy atom. The summed E-state index contributed by atoms with van der Waals surface area (Å²) in [5, 5.41) is 8.91. The number of hydrogen-bond acceptors (Lipinski definition) is 6. The third kappa shape index (κ3) is 6.94. The van der Waals surface area contributed by atoms with Gasteiger partial charge in [0.15, 0.2) is 0 Å². The van der Waals surface area contributed by atoms with Crippen molar-refractivity contribution in [2.75, 3.05) is 45.9 Å². The number of carbonyl (C=O) groups is 2. The van der Waals surface area contributed by atoms with Gasteiger partial charge in [-0.3, -0.25) is 14.5 Å². The number of carbonyl (C=O) groups excluding carboxylic acids is 2. The monoisotopic (exact) mass is 530 g/mol. The van der Waals surface area contributed by atoms with Crippen molar-refractivity contribution in [3.63, 3.8) is 0 Å². The van der Waals surface area contributed by atoms with E-state index in [1.165, 1.54) is 0 Å². The fourth-order valence-electron chi connectivity index (χ4n) is 4.50. The highest BCUT2D eigenvalue weighted by atomic mass is 35.5. The standard InChI is InChI=1S/C27H35ClN4O3S/c1-27(2,3)18-25(33)31(11-10-30-12-14-35-15-13-30)19-26(34)32-23(20-7-4-5-8-21(20)28)17-22(29-32)24-9-6-16-36-24/h4-9,16,23H,10-15,17-19H2,1-3H3/t23-/m1/s1. The molecule has 4 rings (SSSR count). The van der Waals surface area contributed by atoms with E-state index < -0.39 is 0 Å². The van der Waals surface area contributed by atoms with Gasteiger partial charge in [0.05, 0.1) is 29.8 Å². The molecule has 1 fully saturated rings. The van der Waals surface area contributed by atoms with Crippen LogP contribution in [-0.4, -0.2) is 78.3 Å². The summed E-state index contributed by atoms with van der Waals surface area (Å²) in [5.74, 6) is -0.212. The first-order valence-corrected chi connectivity index (χ1v) is 13.7. The normalized spacial score (nSPS) is 18.8. The molecule has 7 nitrogen and oxygen atoms in total. The summed E-state index contributed by atoms with van der Waals surface area (Å²) in [4.78, 5) is 32.0. The minimum absolute atomic E-state index is 0.0125. The van der Waals surface area contributed by atoms with Gasteiger partial charge in [0.25, 0.3) is 5.91 Å². The molecule has 2 aromatic rings. The smallest absolute Gasteiger partial charge is 0.262 e. The van der Waals surface area contributed by atoms with Crippen LogP contribution in [0.2, 0.25) is 5.02 Å². The van der Waals surface area contributed by atoms with E-state index in [2.05, 4.69) is 4.90 Å². The summed E-state index contributed by atoms with van der Waals surface area (Å²) in [7, 11) is 0. The summed E-state index contributed by atoms with van der Waals surface area (Å²) in [5.41, 5.74) is 1.56. The minimum atomic E-state index is -0.304. The first kappa shape index (κ1) is 26.8. The Balaban J connectivity index is 1.55. The maximum Gasteiger partial charge on any atom is 0.262 e. The number of morpholine rings is 1. The first-order valence-electron chi connectivity index (χ1n) is 12.5. The average molecular weight is 531 g/mol. The van der Waals surface area contributed by atoms with Crippen LogP contribution in [0.3, 0.4) is 0 Å². The fraction of sp³-hybridized carbons (Fsp3) is 0.519. The molecule has 194 valence electrons. The van der Waals surface area contributed by atoms with Gasteiger partial charge in [-0.25, -0.2) is 5.01 Å². The Kier molecular flexibility index (Phi) is 8.83. The summed E-state index contributed by atoms with van der Waals surface area (Å²) in [6.07, 6.45) is 0.959. The highest BCUT2D eigenvalue weighted by molar-refractivity contribution is 7.12. The van der Waals surface area contributed by atoms with Crippen LogP contribution in [0.25, 0.3) is 0 Å². The van der Waals surface area contributed by atoms with Crippen molar-refractivity contribution in [2.45, 2.75) is 39.7 Å². The topological polar surface area (TPSA) is 65.5 Å². The van der Waals surface area contributed by atoms with Gasteiger partial charge >= 0.3 is 0 Å². The Labute approximate surface area is 222 Å². The predicted octanol–water partition coefficient (Wildman–Crippen LogP) is 4.68. The highest BCUT2D eigenvalue weighted by Gasteiger charge is 2.36. The van der Waals surface area contributed by atoms with Crippen LogP contribution in [0.1, 0.15) is 50.1 Å². The molecule has 36 heavy (non-hydrogen) atoms. The molecule has 0 radical (unpaired) electrons. The third-order valence-corrected chi connectivity index (χ3v) is 7.65. The summed E-state index contributed by atoms with van der Waals surface area (Å²) >= 11 is 8.15. The summed E-state index contributed by atoms with van der Waals surface area (Å²) in [6.45, 7) is 10.4. The van der Waals surface area contributed by atoms with Gasteiger partial charge in [0.1, 0.15) is 6.54 Å². The van der Waals surface area contributed by atoms with Crippen LogP contribution in [0, 0.1) is 5.41 Å². The van der Waals surface area contributed by atoms with Crippen molar-refractivity contribution in [1.29, 1.82) is 0 Å². The molecule has 1 aromatic carbocycles. The number of ether oxygens (including phenoxy) is 1. The van der Waals surface area contributed by atoms with Crippen molar-refractivity contribution < 1.29 is 14.3 Å². The van der Waals surface area contributed by atoms with Gasteiger partial charge in [-0.2, -0.15) is 5.10 Å². The lowest BCUT2D eigenvalue weighted by Gasteiger charge is -2.32. The fourth-order valence-corrected chi connectivity index (χ4v) is 5.48. The molecule has 3 heterocycles. The number of rotatable bonds is 8. The molecule has 0 saturated carbocycles. The van der Waals surface area contributed by atoms with Crippen LogP contribution >= 0.6 is 22.9 Å². The molecule has 2 aliphatic heterocycles. The minimum Gasteiger partial charge on any atom is -0.379 e. The first-order chi connectivity index (χ1) is 17.2. The van der Waals surface area contributed by atoms with E-state index >= 15 is 0 Å². The Hall–Kier alpha value is -2.26. The van der Waals surface area contributed by atoms with Gasteiger partial charge in [-0.1, -0.05) is 56.6 Å². The van der Waals surface area contributed by atoms with Gasteiger partial charge in [-0.15, -0.1) is 11.3 Å². The lowest BCUT2D eigenvalue weighted by molar-refractivity contribution is -0.142. The number of amides is 2. The number of halogens is 1. The van der Waals surface area contributed by atoms with Crippen molar-refractivity contribution in [3.05, 3.63) is 57.2 Å². The van der Waals surface area contributed by atoms with Gasteiger partial charge in [0.2, 0.25) is 5.91 Å². The van der Waals surface area contributed by atoms with E-state index in [4.69, 9.17) is 21.4 Å². The molecular formula is C27H35ClN4O3S. The molecule has 1 saturated heterocycles. The molecule has 9 heteroatoms. The molecule has 1 aromatic heterocycles.